The zero-order chi connectivity index (χ0) is 6.62. The Kier molecular flexibility index (Phi) is 2.96. The first-order valence-corrected chi connectivity index (χ1v) is 5.19. The Morgan fingerprint density at radius 3 is 1.25 bits per heavy atom. The summed E-state index contributed by atoms with van der Waals surface area (Å²) in [4.78, 5) is 0. The zero-order valence-corrected chi connectivity index (χ0v) is 6.42. The van der Waals surface area contributed by atoms with Crippen molar-refractivity contribution in [2.45, 2.75) is 0 Å². The molecule has 44 valence electrons. The Morgan fingerprint density at radius 2 is 1.25 bits per heavy atom. The topological polar surface area (TPSA) is 0 Å². The molecule has 8 heavy (non-hydrogen) atoms. The number of hydrogen-bond donors (Lipinski definition) is 0. The van der Waals surface area contributed by atoms with Crippen LogP contribution in [0.25, 0.3) is 0 Å². The van der Waals surface area contributed by atoms with Crippen molar-refractivity contribution in [2.75, 3.05) is 0 Å². The lowest BCUT2D eigenvalue weighted by molar-refractivity contribution is 2.39. The van der Waals surface area contributed by atoms with Gasteiger partial charge in [0, 0.05) is 6.04 Å². The van der Waals surface area contributed by atoms with Crippen LogP contribution in [0.4, 0.5) is 0 Å². The summed E-state index contributed by atoms with van der Waals surface area (Å²) in [6.07, 6.45) is 0. The lowest BCUT2D eigenvalue weighted by atomic mass is 11.2. The average molecular weight is 144 g/mol. The molecule has 0 radical (unpaired) electrons. The Morgan fingerprint density at radius 1 is 1.00 bits per heavy atom. The zero-order valence-electron chi connectivity index (χ0n) is 4.71. The summed E-state index contributed by atoms with van der Waals surface area (Å²) in [6.45, 7) is 10.7. The van der Waals surface area contributed by atoms with Gasteiger partial charge in [-0.2, -0.15) is 0 Å². The van der Waals surface area contributed by atoms with Gasteiger partial charge in [-0.1, -0.05) is 49.0 Å². The van der Waals surface area contributed by atoms with Crippen molar-refractivity contribution in [1.29, 1.82) is 0 Å². The van der Waals surface area contributed by atoms with E-state index in [1.54, 1.807) is 17.5 Å². The molecule has 2 heteroatoms. The van der Waals surface area contributed by atoms with Gasteiger partial charge in [0.05, 0.1) is 0 Å². The normalized spacial score (nSPS) is 10.0. The van der Waals surface area contributed by atoms with Gasteiger partial charge in [-0.3, -0.25) is 0 Å². The SMILES string of the molecule is C=CP(=S)(C=C)C=C. The maximum Gasteiger partial charge on any atom is 0.0154 e. The molecule has 0 aliphatic rings. The number of hydrogen-bond acceptors (Lipinski definition) is 1. The van der Waals surface area contributed by atoms with E-state index in [1.165, 1.54) is 0 Å². The average Bonchev–Trinajstić information content (AvgIpc) is 1.87. The summed E-state index contributed by atoms with van der Waals surface area (Å²) in [6, 6.07) is -1.54. The van der Waals surface area contributed by atoms with E-state index < -0.39 is 6.04 Å². The molecule has 0 saturated carbocycles. The van der Waals surface area contributed by atoms with Gasteiger partial charge < -0.3 is 0 Å². The Balaban J connectivity index is 4.45. The molecule has 0 saturated heterocycles. The maximum atomic E-state index is 5.06. The van der Waals surface area contributed by atoms with Crippen LogP contribution in [0.1, 0.15) is 0 Å². The van der Waals surface area contributed by atoms with E-state index in [0.717, 1.165) is 0 Å². The van der Waals surface area contributed by atoms with Crippen LogP contribution in [-0.2, 0) is 11.8 Å². The van der Waals surface area contributed by atoms with Crippen molar-refractivity contribution in [3.8, 4) is 0 Å². The van der Waals surface area contributed by atoms with E-state index in [2.05, 4.69) is 19.7 Å². The predicted molar refractivity (Wildman–Crippen MR) is 44.9 cm³/mol. The van der Waals surface area contributed by atoms with Crippen molar-refractivity contribution in [1.82, 2.24) is 0 Å². The van der Waals surface area contributed by atoms with Crippen molar-refractivity contribution in [3.05, 3.63) is 37.2 Å². The molecule has 0 atom stereocenters. The van der Waals surface area contributed by atoms with Crippen LogP contribution in [0.5, 0.6) is 0 Å². The van der Waals surface area contributed by atoms with Gasteiger partial charge in [0.25, 0.3) is 0 Å². The Bertz CT molecular complexity index is 129. The Labute approximate surface area is 55.6 Å². The second-order valence-electron chi connectivity index (χ2n) is 1.31. The molecule has 0 aromatic rings. The highest BCUT2D eigenvalue weighted by atomic mass is 32.4. The standard InChI is InChI=1S/C6H9PS/c1-4-7(8,5-2)6-3/h4-6H,1-3H2. The van der Waals surface area contributed by atoms with Crippen LogP contribution in [0.3, 0.4) is 0 Å². The molecule has 0 bridgehead atoms. The van der Waals surface area contributed by atoms with Gasteiger partial charge >= 0.3 is 0 Å². The van der Waals surface area contributed by atoms with Gasteiger partial charge in [0.15, 0.2) is 0 Å². The fourth-order valence-electron chi connectivity index (χ4n) is 0.224. The van der Waals surface area contributed by atoms with Crippen LogP contribution in [0, 0.1) is 0 Å². The van der Waals surface area contributed by atoms with Crippen LogP contribution in [0.2, 0.25) is 0 Å². The minimum absolute atomic E-state index is 1.54. The molecule has 0 aromatic carbocycles. The lowest BCUT2D eigenvalue weighted by Crippen LogP contribution is -1.56. The summed E-state index contributed by atoms with van der Waals surface area (Å²) in [5.41, 5.74) is 0. The van der Waals surface area contributed by atoms with Gasteiger partial charge in [0.1, 0.15) is 0 Å². The predicted octanol–water partition coefficient (Wildman–Crippen LogP) is 2.90. The molecule has 0 fully saturated rings. The molecule has 0 amide bonds. The molecule has 0 spiro atoms. The molecular weight excluding hydrogens is 135 g/mol. The minimum atomic E-state index is -1.54. The third-order valence-electron chi connectivity index (χ3n) is 0.856. The van der Waals surface area contributed by atoms with E-state index in [-0.39, 0.29) is 0 Å². The molecular formula is C6H9PS. The molecule has 0 aliphatic carbocycles. The largest absolute Gasteiger partial charge is 0.0973 e. The second-order valence-corrected chi connectivity index (χ2v) is 5.83. The molecule has 0 nitrogen and oxygen atoms in total. The molecule has 0 aromatic heterocycles. The van der Waals surface area contributed by atoms with E-state index in [4.69, 9.17) is 11.8 Å². The lowest BCUT2D eigenvalue weighted by Gasteiger charge is -2.01. The van der Waals surface area contributed by atoms with Crippen LogP contribution in [-0.4, -0.2) is 0 Å². The van der Waals surface area contributed by atoms with Crippen molar-refractivity contribution in [3.63, 3.8) is 0 Å². The fourth-order valence-corrected chi connectivity index (χ4v) is 0.671. The quantitative estimate of drug-likeness (QED) is 0.549. The minimum Gasteiger partial charge on any atom is -0.0973 e. The van der Waals surface area contributed by atoms with Gasteiger partial charge in [-0.15, -0.1) is 0 Å². The highest BCUT2D eigenvalue weighted by molar-refractivity contribution is 8.19. The first kappa shape index (κ1) is 7.87. The molecule has 0 heterocycles. The van der Waals surface area contributed by atoms with Gasteiger partial charge in [-0.05, 0) is 0 Å². The maximum absolute atomic E-state index is 5.06. The monoisotopic (exact) mass is 144 g/mol. The molecule has 0 aliphatic heterocycles. The van der Waals surface area contributed by atoms with Crippen molar-refractivity contribution >= 4 is 17.8 Å². The van der Waals surface area contributed by atoms with Gasteiger partial charge in [-0.25, -0.2) is 0 Å². The van der Waals surface area contributed by atoms with E-state index >= 15 is 0 Å². The van der Waals surface area contributed by atoms with Crippen LogP contribution in [0.15, 0.2) is 37.2 Å². The highest BCUT2D eigenvalue weighted by Gasteiger charge is 1.96. The second kappa shape index (κ2) is 3.01. The van der Waals surface area contributed by atoms with E-state index in [9.17, 15) is 0 Å². The van der Waals surface area contributed by atoms with E-state index in [0.29, 0.717) is 0 Å². The van der Waals surface area contributed by atoms with Crippen LogP contribution >= 0.6 is 6.04 Å². The molecule has 0 unspecified atom stereocenters. The first-order valence-electron chi connectivity index (χ1n) is 2.18. The third kappa shape index (κ3) is 1.77. The van der Waals surface area contributed by atoms with Crippen molar-refractivity contribution < 1.29 is 0 Å². The fraction of sp³-hybridized carbons (Fsp3) is 0. The third-order valence-corrected chi connectivity index (χ3v) is 3.91. The summed E-state index contributed by atoms with van der Waals surface area (Å²) < 4.78 is 0. The highest BCUT2D eigenvalue weighted by Crippen LogP contribution is 2.48. The summed E-state index contributed by atoms with van der Waals surface area (Å²) in [7, 11) is 0. The molecule has 0 rings (SSSR count). The first-order chi connectivity index (χ1) is 3.68. The van der Waals surface area contributed by atoms with Crippen LogP contribution < -0.4 is 0 Å². The molecule has 0 N–H and O–H groups in total. The smallest absolute Gasteiger partial charge is 0.0154 e. The van der Waals surface area contributed by atoms with Crippen molar-refractivity contribution in [2.24, 2.45) is 0 Å². The Hall–Kier alpha value is -0.130. The summed E-state index contributed by atoms with van der Waals surface area (Å²) in [5, 5.41) is 0. The summed E-state index contributed by atoms with van der Waals surface area (Å²) >= 11 is 5.06. The van der Waals surface area contributed by atoms with Gasteiger partial charge in [0.2, 0.25) is 0 Å². The number of rotatable bonds is 3. The summed E-state index contributed by atoms with van der Waals surface area (Å²) in [5.74, 6) is 5.22. The van der Waals surface area contributed by atoms with E-state index in [1.807, 2.05) is 0 Å².